The van der Waals surface area contributed by atoms with Gasteiger partial charge in [0.05, 0.1) is 29.2 Å². The Labute approximate surface area is 164 Å². The van der Waals surface area contributed by atoms with Crippen LogP contribution < -0.4 is 5.32 Å². The van der Waals surface area contributed by atoms with Crippen LogP contribution >= 0.6 is 11.6 Å². The molecule has 5 nitrogen and oxygen atoms in total. The maximum atomic E-state index is 12.7. The van der Waals surface area contributed by atoms with Crippen LogP contribution in [0.1, 0.15) is 33.9 Å². The molecule has 140 valence electrons. The molecule has 0 spiro atoms. The molecule has 27 heavy (non-hydrogen) atoms. The molecule has 0 bridgehead atoms. The van der Waals surface area contributed by atoms with Gasteiger partial charge in [-0.25, -0.2) is 4.68 Å². The van der Waals surface area contributed by atoms with E-state index >= 15 is 0 Å². The van der Waals surface area contributed by atoms with E-state index in [1.54, 1.807) is 0 Å². The van der Waals surface area contributed by atoms with Crippen molar-refractivity contribution in [1.82, 2.24) is 14.8 Å². The minimum atomic E-state index is -0.0753. The number of aryl methyl sites for hydroxylation is 4. The van der Waals surface area contributed by atoms with Crippen LogP contribution in [0.15, 0.2) is 30.3 Å². The highest BCUT2D eigenvalue weighted by Gasteiger charge is 2.17. The highest BCUT2D eigenvalue weighted by atomic mass is 35.5. The fraction of sp³-hybridized carbons (Fsp3) is 0.286. The Morgan fingerprint density at radius 1 is 1.07 bits per heavy atom. The van der Waals surface area contributed by atoms with Gasteiger partial charge in [0.1, 0.15) is 0 Å². The molecule has 6 heteroatoms. The standard InChI is InChI=1S/C21H23ClN4O/c1-12-10-13(2)23-15(4)21(12)24-20(27)11-19-14(3)25-26(16(19)5)18-8-6-17(22)7-9-18/h6-10H,11H2,1-5H3,(H,24,27). The third kappa shape index (κ3) is 4.03. The van der Waals surface area contributed by atoms with Crippen molar-refractivity contribution in [2.24, 2.45) is 0 Å². The largest absolute Gasteiger partial charge is 0.324 e. The number of rotatable bonds is 4. The zero-order chi connectivity index (χ0) is 19.7. The fourth-order valence-corrected chi connectivity index (χ4v) is 3.45. The van der Waals surface area contributed by atoms with Gasteiger partial charge in [0.15, 0.2) is 0 Å². The number of amides is 1. The lowest BCUT2D eigenvalue weighted by Crippen LogP contribution is -2.17. The summed E-state index contributed by atoms with van der Waals surface area (Å²) in [5.41, 5.74) is 7.20. The number of hydrogen-bond acceptors (Lipinski definition) is 3. The zero-order valence-corrected chi connectivity index (χ0v) is 17.0. The summed E-state index contributed by atoms with van der Waals surface area (Å²) in [5, 5.41) is 8.29. The molecule has 0 saturated heterocycles. The summed E-state index contributed by atoms with van der Waals surface area (Å²) in [7, 11) is 0. The van der Waals surface area contributed by atoms with Crippen LogP contribution in [0.4, 0.5) is 5.69 Å². The second-order valence-electron chi connectivity index (χ2n) is 6.80. The van der Waals surface area contributed by atoms with Gasteiger partial charge in [-0.15, -0.1) is 0 Å². The summed E-state index contributed by atoms with van der Waals surface area (Å²) in [6.45, 7) is 9.73. The number of nitrogens with one attached hydrogen (secondary N) is 1. The lowest BCUT2D eigenvalue weighted by molar-refractivity contribution is -0.115. The predicted octanol–water partition coefficient (Wildman–Crippen LogP) is 4.64. The Hall–Kier alpha value is -2.66. The number of halogens is 1. The molecule has 2 heterocycles. The van der Waals surface area contributed by atoms with E-state index in [1.165, 1.54) is 0 Å². The van der Waals surface area contributed by atoms with Crippen LogP contribution in [0.2, 0.25) is 5.02 Å². The van der Waals surface area contributed by atoms with Crippen molar-refractivity contribution >= 4 is 23.2 Å². The summed E-state index contributed by atoms with van der Waals surface area (Å²) in [6.07, 6.45) is 0.262. The molecule has 3 rings (SSSR count). The number of carbonyl (C=O) groups excluding carboxylic acids is 1. The van der Waals surface area contributed by atoms with E-state index < -0.39 is 0 Å². The van der Waals surface area contributed by atoms with Crippen molar-refractivity contribution in [3.8, 4) is 5.69 Å². The summed E-state index contributed by atoms with van der Waals surface area (Å²) < 4.78 is 1.85. The van der Waals surface area contributed by atoms with E-state index in [9.17, 15) is 4.79 Å². The van der Waals surface area contributed by atoms with Crippen LogP contribution in [-0.4, -0.2) is 20.7 Å². The predicted molar refractivity (Wildman–Crippen MR) is 109 cm³/mol. The minimum Gasteiger partial charge on any atom is -0.324 e. The van der Waals surface area contributed by atoms with Gasteiger partial charge in [-0.2, -0.15) is 5.10 Å². The highest BCUT2D eigenvalue weighted by Crippen LogP contribution is 2.22. The Kier molecular flexibility index (Phi) is 5.33. The summed E-state index contributed by atoms with van der Waals surface area (Å²) >= 11 is 5.97. The first-order chi connectivity index (χ1) is 12.8. The van der Waals surface area contributed by atoms with Gasteiger partial charge in [-0.3, -0.25) is 9.78 Å². The molecule has 2 aromatic heterocycles. The van der Waals surface area contributed by atoms with E-state index in [4.69, 9.17) is 11.6 Å². The fourth-order valence-electron chi connectivity index (χ4n) is 3.32. The topological polar surface area (TPSA) is 59.8 Å². The maximum Gasteiger partial charge on any atom is 0.228 e. The average molecular weight is 383 g/mol. The van der Waals surface area contributed by atoms with Crippen LogP contribution in [0, 0.1) is 34.6 Å². The molecule has 1 N–H and O–H groups in total. The molecule has 1 aromatic carbocycles. The van der Waals surface area contributed by atoms with E-state index in [0.29, 0.717) is 5.02 Å². The van der Waals surface area contributed by atoms with Crippen LogP contribution in [0.25, 0.3) is 5.69 Å². The monoisotopic (exact) mass is 382 g/mol. The second-order valence-corrected chi connectivity index (χ2v) is 7.24. The van der Waals surface area contributed by atoms with Gasteiger partial charge in [-0.1, -0.05) is 11.6 Å². The van der Waals surface area contributed by atoms with Crippen LogP contribution in [0.5, 0.6) is 0 Å². The normalized spacial score (nSPS) is 10.9. The van der Waals surface area contributed by atoms with Crippen molar-refractivity contribution in [3.05, 3.63) is 69.3 Å². The maximum absolute atomic E-state index is 12.7. The van der Waals surface area contributed by atoms with E-state index in [0.717, 1.165) is 45.3 Å². The molecule has 0 atom stereocenters. The molecule has 3 aromatic rings. The number of hydrogen-bond donors (Lipinski definition) is 1. The molecule has 0 saturated carbocycles. The number of anilines is 1. The van der Waals surface area contributed by atoms with E-state index in [2.05, 4.69) is 15.4 Å². The smallest absolute Gasteiger partial charge is 0.228 e. The molecule has 0 aliphatic carbocycles. The van der Waals surface area contributed by atoms with Crippen LogP contribution in [0.3, 0.4) is 0 Å². The molecule has 0 fully saturated rings. The number of pyridine rings is 1. The van der Waals surface area contributed by atoms with Crippen molar-refractivity contribution < 1.29 is 4.79 Å². The molecule has 0 unspecified atom stereocenters. The Balaban J connectivity index is 1.84. The highest BCUT2D eigenvalue weighted by molar-refractivity contribution is 6.30. The third-order valence-electron chi connectivity index (χ3n) is 4.64. The SMILES string of the molecule is Cc1cc(C)c(NC(=O)Cc2c(C)nn(-c3ccc(Cl)cc3)c2C)c(C)n1. The van der Waals surface area contributed by atoms with Gasteiger partial charge in [0, 0.05) is 22.0 Å². The van der Waals surface area contributed by atoms with Gasteiger partial charge in [0.25, 0.3) is 0 Å². The first-order valence-electron chi connectivity index (χ1n) is 8.82. The van der Waals surface area contributed by atoms with Gasteiger partial charge >= 0.3 is 0 Å². The Bertz CT molecular complexity index is 983. The third-order valence-corrected chi connectivity index (χ3v) is 4.89. The van der Waals surface area contributed by atoms with Crippen molar-refractivity contribution in [2.75, 3.05) is 5.32 Å². The summed E-state index contributed by atoms with van der Waals surface area (Å²) in [6, 6.07) is 9.45. The molecule has 1 amide bonds. The molecular formula is C21H23ClN4O. The van der Waals surface area contributed by atoms with E-state index in [1.807, 2.05) is 69.6 Å². The van der Waals surface area contributed by atoms with Crippen LogP contribution in [-0.2, 0) is 11.2 Å². The van der Waals surface area contributed by atoms with Gasteiger partial charge in [0.2, 0.25) is 5.91 Å². The number of carbonyl (C=O) groups is 1. The lowest BCUT2D eigenvalue weighted by atomic mass is 10.1. The first-order valence-corrected chi connectivity index (χ1v) is 9.19. The molecule has 0 aliphatic rings. The lowest BCUT2D eigenvalue weighted by Gasteiger charge is -2.12. The Morgan fingerprint density at radius 3 is 2.37 bits per heavy atom. The molecule has 0 radical (unpaired) electrons. The number of nitrogens with zero attached hydrogens (tertiary/aromatic N) is 3. The first kappa shape index (κ1) is 19.1. The number of benzene rings is 1. The second kappa shape index (κ2) is 7.53. The quantitative estimate of drug-likeness (QED) is 0.714. The Morgan fingerprint density at radius 2 is 1.74 bits per heavy atom. The van der Waals surface area contributed by atoms with Gasteiger partial charge < -0.3 is 5.32 Å². The molecule has 0 aliphatic heterocycles. The van der Waals surface area contributed by atoms with Crippen molar-refractivity contribution in [1.29, 1.82) is 0 Å². The molecular weight excluding hydrogens is 360 g/mol. The van der Waals surface area contributed by atoms with Crippen molar-refractivity contribution in [3.63, 3.8) is 0 Å². The summed E-state index contributed by atoms with van der Waals surface area (Å²) in [5.74, 6) is -0.0753. The summed E-state index contributed by atoms with van der Waals surface area (Å²) in [4.78, 5) is 17.1. The van der Waals surface area contributed by atoms with E-state index in [-0.39, 0.29) is 12.3 Å². The minimum absolute atomic E-state index is 0.0753. The number of aromatic nitrogens is 3. The zero-order valence-electron chi connectivity index (χ0n) is 16.2. The van der Waals surface area contributed by atoms with Crippen molar-refractivity contribution in [2.45, 2.75) is 41.0 Å². The van der Waals surface area contributed by atoms with Gasteiger partial charge in [-0.05, 0) is 70.5 Å². The average Bonchev–Trinajstić information content (AvgIpc) is 2.87.